The van der Waals surface area contributed by atoms with Gasteiger partial charge < -0.3 is 15.7 Å². The van der Waals surface area contributed by atoms with Crippen molar-refractivity contribution in [1.29, 1.82) is 0 Å². The summed E-state index contributed by atoms with van der Waals surface area (Å²) in [5.41, 5.74) is -1.64. The number of halogens is 4. The van der Waals surface area contributed by atoms with Crippen LogP contribution in [0.2, 0.25) is 0 Å². The third-order valence-electron chi connectivity index (χ3n) is 2.42. The molecular weight excluding hydrogens is 272 g/mol. The highest BCUT2D eigenvalue weighted by atomic mass is 19.3. The van der Waals surface area contributed by atoms with Crippen LogP contribution in [0.15, 0.2) is 0 Å². The van der Waals surface area contributed by atoms with E-state index in [9.17, 15) is 27.2 Å². The second-order valence-corrected chi connectivity index (χ2v) is 4.26. The van der Waals surface area contributed by atoms with Crippen molar-refractivity contribution in [2.24, 2.45) is 0 Å². The summed E-state index contributed by atoms with van der Waals surface area (Å²) < 4.78 is 48.7. The fourth-order valence-electron chi connectivity index (χ4n) is 1.29. The number of aliphatic carboxylic acids is 1. The minimum atomic E-state index is -4.36. The number of nitrogens with one attached hydrogen (secondary N) is 2. The molecular formula is C10H16F4N2O3. The molecule has 0 saturated carbocycles. The molecule has 112 valence electrons. The lowest BCUT2D eigenvalue weighted by atomic mass is 9.97. The van der Waals surface area contributed by atoms with E-state index in [2.05, 4.69) is 0 Å². The Morgan fingerprint density at radius 3 is 2.21 bits per heavy atom. The van der Waals surface area contributed by atoms with Gasteiger partial charge in [-0.3, -0.25) is 0 Å². The molecule has 0 radical (unpaired) electrons. The van der Waals surface area contributed by atoms with E-state index in [0.29, 0.717) is 6.42 Å². The fraction of sp³-hybridized carbons (Fsp3) is 0.800. The van der Waals surface area contributed by atoms with Crippen molar-refractivity contribution in [2.45, 2.75) is 44.6 Å². The molecule has 0 aromatic rings. The lowest BCUT2D eigenvalue weighted by Gasteiger charge is -2.26. The first-order chi connectivity index (χ1) is 8.55. The fourth-order valence-corrected chi connectivity index (χ4v) is 1.29. The van der Waals surface area contributed by atoms with Gasteiger partial charge in [-0.1, -0.05) is 13.3 Å². The van der Waals surface area contributed by atoms with E-state index in [1.165, 1.54) is 12.2 Å². The predicted octanol–water partition coefficient (Wildman–Crippen LogP) is 1.83. The lowest BCUT2D eigenvalue weighted by molar-refractivity contribution is -0.144. The molecule has 2 amide bonds. The Kier molecular flexibility index (Phi) is 6.04. The van der Waals surface area contributed by atoms with Crippen LogP contribution in [0.1, 0.15) is 26.7 Å². The van der Waals surface area contributed by atoms with Gasteiger partial charge in [-0.15, -0.1) is 0 Å². The van der Waals surface area contributed by atoms with Crippen LogP contribution in [0.5, 0.6) is 0 Å². The average molecular weight is 288 g/mol. The summed E-state index contributed by atoms with van der Waals surface area (Å²) in [5.74, 6) is -5.70. The number of hydrogen-bond donors (Lipinski definition) is 3. The summed E-state index contributed by atoms with van der Waals surface area (Å²) in [7, 11) is 0. The molecule has 19 heavy (non-hydrogen) atoms. The molecule has 0 aliphatic rings. The Morgan fingerprint density at radius 1 is 1.32 bits per heavy atom. The highest BCUT2D eigenvalue weighted by Gasteiger charge is 2.41. The highest BCUT2D eigenvalue weighted by Crippen LogP contribution is 2.21. The molecule has 0 rings (SSSR count). The van der Waals surface area contributed by atoms with Gasteiger partial charge in [0.1, 0.15) is 5.54 Å². The zero-order chi connectivity index (χ0) is 15.3. The number of alkyl halides is 4. The quantitative estimate of drug-likeness (QED) is 0.625. The Hall–Kier alpha value is -1.54. The molecule has 1 unspecified atom stereocenters. The number of hydrogen-bond acceptors (Lipinski definition) is 2. The van der Waals surface area contributed by atoms with Crippen LogP contribution < -0.4 is 10.6 Å². The van der Waals surface area contributed by atoms with E-state index < -0.39 is 36.4 Å². The van der Waals surface area contributed by atoms with Crippen LogP contribution in [0.3, 0.4) is 0 Å². The van der Waals surface area contributed by atoms with E-state index in [-0.39, 0.29) is 6.42 Å². The summed E-state index contributed by atoms with van der Waals surface area (Å²) in [6, 6.07) is -1.24. The van der Waals surface area contributed by atoms with Crippen LogP contribution >= 0.6 is 0 Å². The van der Waals surface area contributed by atoms with Crippen molar-refractivity contribution in [3.05, 3.63) is 0 Å². The Bertz CT molecular complexity index is 339. The molecule has 1 atom stereocenters. The van der Waals surface area contributed by atoms with E-state index >= 15 is 0 Å². The third-order valence-corrected chi connectivity index (χ3v) is 2.42. The molecule has 0 aliphatic heterocycles. The van der Waals surface area contributed by atoms with Crippen molar-refractivity contribution < 1.29 is 32.3 Å². The van der Waals surface area contributed by atoms with Crippen LogP contribution in [0.25, 0.3) is 0 Å². The third kappa shape index (κ3) is 5.31. The molecule has 9 heteroatoms. The normalized spacial score (nSPS) is 14.9. The smallest absolute Gasteiger partial charge is 0.329 e. The topological polar surface area (TPSA) is 78.4 Å². The Morgan fingerprint density at radius 2 is 1.84 bits per heavy atom. The minimum Gasteiger partial charge on any atom is -0.480 e. The molecule has 0 aliphatic carbocycles. The first kappa shape index (κ1) is 17.5. The van der Waals surface area contributed by atoms with Gasteiger partial charge in [-0.05, 0) is 13.3 Å². The summed E-state index contributed by atoms with van der Waals surface area (Å²) in [6.07, 6.45) is -3.41. The van der Waals surface area contributed by atoms with Crippen LogP contribution in [0, 0.1) is 0 Å². The number of amides is 2. The average Bonchev–Trinajstić information content (AvgIpc) is 2.26. The Balaban J connectivity index is 4.49. The first-order valence-corrected chi connectivity index (χ1v) is 5.50. The molecule has 0 spiro atoms. The minimum absolute atomic E-state index is 0.0704. The van der Waals surface area contributed by atoms with E-state index in [1.54, 1.807) is 6.92 Å². The molecule has 3 N–H and O–H groups in total. The lowest BCUT2D eigenvalue weighted by Crippen LogP contribution is -2.56. The number of carboxylic acids is 1. The Labute approximate surface area is 107 Å². The van der Waals surface area contributed by atoms with Crippen molar-refractivity contribution >= 4 is 12.0 Å². The molecule has 5 nitrogen and oxygen atoms in total. The maximum atomic E-state index is 12.5. The number of carbonyl (C=O) groups is 2. The number of rotatable bonds is 7. The van der Waals surface area contributed by atoms with Crippen molar-refractivity contribution in [3.63, 3.8) is 0 Å². The zero-order valence-corrected chi connectivity index (χ0v) is 10.5. The van der Waals surface area contributed by atoms with Gasteiger partial charge in [0.2, 0.25) is 0 Å². The van der Waals surface area contributed by atoms with E-state index in [0.717, 1.165) is 0 Å². The second-order valence-electron chi connectivity index (χ2n) is 4.26. The maximum Gasteiger partial charge on any atom is 0.329 e. The number of carbonyl (C=O) groups excluding carboxylic acids is 1. The zero-order valence-electron chi connectivity index (χ0n) is 10.5. The summed E-state index contributed by atoms with van der Waals surface area (Å²) in [4.78, 5) is 22.2. The largest absolute Gasteiger partial charge is 0.480 e. The summed E-state index contributed by atoms with van der Waals surface area (Å²) in [5, 5.41) is 12.4. The van der Waals surface area contributed by atoms with Gasteiger partial charge in [0.25, 0.3) is 0 Å². The van der Waals surface area contributed by atoms with Gasteiger partial charge >= 0.3 is 24.3 Å². The molecule has 0 aromatic carbocycles. The molecule has 0 fully saturated rings. The van der Waals surface area contributed by atoms with Gasteiger partial charge in [0.15, 0.2) is 0 Å². The van der Waals surface area contributed by atoms with Crippen molar-refractivity contribution in [3.8, 4) is 0 Å². The van der Waals surface area contributed by atoms with Crippen molar-refractivity contribution in [1.82, 2.24) is 10.6 Å². The monoisotopic (exact) mass is 288 g/mol. The van der Waals surface area contributed by atoms with Gasteiger partial charge in [0.05, 0.1) is 6.54 Å². The van der Waals surface area contributed by atoms with E-state index in [1.807, 2.05) is 5.32 Å². The van der Waals surface area contributed by atoms with Gasteiger partial charge in [-0.2, -0.15) is 8.78 Å². The van der Waals surface area contributed by atoms with Crippen LogP contribution in [0.4, 0.5) is 22.4 Å². The standard InChI is InChI=1S/C10H16F4N2O3/c1-3-4-9(2,7(17)18)16-8(19)15-5-10(13,14)6(11)12/h6H,3-5H2,1-2H3,(H,17,18)(H2,15,16,19). The van der Waals surface area contributed by atoms with Gasteiger partial charge in [0, 0.05) is 0 Å². The second kappa shape index (κ2) is 6.58. The predicted molar refractivity (Wildman–Crippen MR) is 58.4 cm³/mol. The van der Waals surface area contributed by atoms with E-state index in [4.69, 9.17) is 5.11 Å². The maximum absolute atomic E-state index is 12.5. The highest BCUT2D eigenvalue weighted by molar-refractivity contribution is 5.85. The number of urea groups is 1. The molecule has 0 bridgehead atoms. The van der Waals surface area contributed by atoms with Crippen LogP contribution in [-0.2, 0) is 4.79 Å². The molecule has 0 aromatic heterocycles. The molecule has 0 heterocycles. The van der Waals surface area contributed by atoms with Crippen molar-refractivity contribution in [2.75, 3.05) is 6.54 Å². The van der Waals surface area contributed by atoms with Gasteiger partial charge in [-0.25, -0.2) is 18.4 Å². The molecule has 0 saturated heterocycles. The first-order valence-electron chi connectivity index (χ1n) is 5.50. The van der Waals surface area contributed by atoms with Crippen LogP contribution in [-0.4, -0.2) is 41.5 Å². The summed E-state index contributed by atoms with van der Waals surface area (Å²) in [6.45, 7) is 1.30. The SMILES string of the molecule is CCCC(C)(NC(=O)NCC(F)(F)C(F)F)C(=O)O. The number of carboxylic acid groups (broad SMARTS) is 1. The summed E-state index contributed by atoms with van der Waals surface area (Å²) >= 11 is 0.